The fraction of sp³-hybridized carbons (Fsp3) is 1.00. The van der Waals surface area contributed by atoms with Crippen LogP contribution in [0.15, 0.2) is 0 Å². The van der Waals surface area contributed by atoms with E-state index in [1.807, 2.05) is 0 Å². The van der Waals surface area contributed by atoms with Crippen molar-refractivity contribution in [3.8, 4) is 0 Å². The van der Waals surface area contributed by atoms with Crippen molar-refractivity contribution in [3.63, 3.8) is 0 Å². The Morgan fingerprint density at radius 2 is 1.92 bits per heavy atom. The average Bonchev–Trinajstić information content (AvgIpc) is 2.57. The standard InChI is InChI=1S/C11H22S2/c1-9(2)10(7-12)8-13-11-5-3-4-6-11/h9-12H,3-8H2,1-2H3. The Hall–Kier alpha value is 0.700. The summed E-state index contributed by atoms with van der Waals surface area (Å²) >= 11 is 6.61. The molecule has 1 rings (SSSR count). The molecule has 0 aromatic carbocycles. The highest BCUT2D eigenvalue weighted by Crippen LogP contribution is 2.31. The van der Waals surface area contributed by atoms with Gasteiger partial charge in [-0.1, -0.05) is 26.7 Å². The summed E-state index contributed by atoms with van der Waals surface area (Å²) in [6, 6.07) is 0. The zero-order valence-electron chi connectivity index (χ0n) is 8.83. The van der Waals surface area contributed by atoms with Gasteiger partial charge in [-0.25, -0.2) is 0 Å². The third kappa shape index (κ3) is 4.16. The normalized spacial score (nSPS) is 21.2. The van der Waals surface area contributed by atoms with Gasteiger partial charge in [-0.2, -0.15) is 24.4 Å². The van der Waals surface area contributed by atoms with Crippen LogP contribution in [0.4, 0.5) is 0 Å². The van der Waals surface area contributed by atoms with Crippen LogP contribution < -0.4 is 0 Å². The van der Waals surface area contributed by atoms with E-state index in [0.29, 0.717) is 0 Å². The molecule has 1 saturated carbocycles. The van der Waals surface area contributed by atoms with Gasteiger partial charge < -0.3 is 0 Å². The smallest absolute Gasteiger partial charge is 0.00471 e. The van der Waals surface area contributed by atoms with Crippen LogP contribution in [-0.2, 0) is 0 Å². The van der Waals surface area contributed by atoms with Crippen molar-refractivity contribution in [1.29, 1.82) is 0 Å². The van der Waals surface area contributed by atoms with Crippen LogP contribution in [0.2, 0.25) is 0 Å². The Morgan fingerprint density at radius 3 is 2.38 bits per heavy atom. The van der Waals surface area contributed by atoms with Crippen LogP contribution in [-0.4, -0.2) is 16.8 Å². The Labute approximate surface area is 92.7 Å². The number of hydrogen-bond donors (Lipinski definition) is 1. The summed E-state index contributed by atoms with van der Waals surface area (Å²) in [6.07, 6.45) is 5.85. The van der Waals surface area contributed by atoms with Gasteiger partial charge in [0.1, 0.15) is 0 Å². The van der Waals surface area contributed by atoms with E-state index >= 15 is 0 Å². The molecule has 78 valence electrons. The number of rotatable bonds is 5. The Bertz CT molecular complexity index is 128. The Morgan fingerprint density at radius 1 is 1.31 bits per heavy atom. The molecule has 0 aromatic heterocycles. The first-order valence-corrected chi connectivity index (χ1v) is 7.14. The van der Waals surface area contributed by atoms with Crippen LogP contribution in [0.25, 0.3) is 0 Å². The molecule has 1 unspecified atom stereocenters. The van der Waals surface area contributed by atoms with Crippen LogP contribution in [0.1, 0.15) is 39.5 Å². The fourth-order valence-corrected chi connectivity index (χ4v) is 4.18. The first kappa shape index (κ1) is 11.8. The molecule has 1 atom stereocenters. The molecule has 0 N–H and O–H groups in total. The van der Waals surface area contributed by atoms with Gasteiger partial charge >= 0.3 is 0 Å². The van der Waals surface area contributed by atoms with Gasteiger partial charge in [0.2, 0.25) is 0 Å². The van der Waals surface area contributed by atoms with Crippen LogP contribution in [0, 0.1) is 11.8 Å². The van der Waals surface area contributed by atoms with Gasteiger partial charge in [0.15, 0.2) is 0 Å². The number of thioether (sulfide) groups is 1. The minimum atomic E-state index is 0.798. The second-order valence-corrected chi connectivity index (χ2v) is 6.12. The van der Waals surface area contributed by atoms with Crippen molar-refractivity contribution in [1.82, 2.24) is 0 Å². The van der Waals surface area contributed by atoms with Gasteiger partial charge in [-0.3, -0.25) is 0 Å². The molecular weight excluding hydrogens is 196 g/mol. The maximum absolute atomic E-state index is 4.42. The first-order chi connectivity index (χ1) is 6.24. The topological polar surface area (TPSA) is 0 Å². The van der Waals surface area contributed by atoms with Crippen LogP contribution in [0.3, 0.4) is 0 Å². The SMILES string of the molecule is CC(C)C(CS)CSC1CCCC1. The van der Waals surface area contributed by atoms with E-state index in [-0.39, 0.29) is 0 Å². The van der Waals surface area contributed by atoms with Crippen molar-refractivity contribution >= 4 is 24.4 Å². The first-order valence-electron chi connectivity index (χ1n) is 5.46. The van der Waals surface area contributed by atoms with Crippen molar-refractivity contribution in [2.45, 2.75) is 44.8 Å². The molecule has 0 spiro atoms. The van der Waals surface area contributed by atoms with Gasteiger partial charge in [-0.05, 0) is 36.2 Å². The quantitative estimate of drug-likeness (QED) is 0.684. The average molecular weight is 218 g/mol. The van der Waals surface area contributed by atoms with Crippen molar-refractivity contribution in [3.05, 3.63) is 0 Å². The third-order valence-corrected chi connectivity index (χ3v) is 5.06. The minimum absolute atomic E-state index is 0.798. The molecule has 0 aliphatic heterocycles. The molecule has 0 nitrogen and oxygen atoms in total. The zero-order chi connectivity index (χ0) is 9.68. The van der Waals surface area contributed by atoms with E-state index in [9.17, 15) is 0 Å². The van der Waals surface area contributed by atoms with E-state index in [0.717, 1.165) is 22.8 Å². The number of hydrogen-bond acceptors (Lipinski definition) is 2. The molecule has 0 radical (unpaired) electrons. The zero-order valence-corrected chi connectivity index (χ0v) is 10.5. The lowest BCUT2D eigenvalue weighted by molar-refractivity contribution is 0.472. The Kier molecular flexibility index (Phi) is 5.65. The third-order valence-electron chi connectivity index (χ3n) is 3.03. The van der Waals surface area contributed by atoms with Gasteiger partial charge in [-0.15, -0.1) is 0 Å². The molecule has 13 heavy (non-hydrogen) atoms. The highest BCUT2D eigenvalue weighted by molar-refractivity contribution is 7.99. The van der Waals surface area contributed by atoms with E-state index in [1.165, 1.54) is 31.4 Å². The second kappa shape index (κ2) is 6.23. The maximum atomic E-state index is 4.42. The molecule has 0 amide bonds. The maximum Gasteiger partial charge on any atom is 0.00471 e. The van der Waals surface area contributed by atoms with Gasteiger partial charge in [0.05, 0.1) is 0 Å². The molecule has 1 aliphatic carbocycles. The highest BCUT2D eigenvalue weighted by atomic mass is 32.2. The molecule has 0 aromatic rings. The lowest BCUT2D eigenvalue weighted by Gasteiger charge is -2.19. The van der Waals surface area contributed by atoms with Crippen molar-refractivity contribution in [2.24, 2.45) is 11.8 Å². The Balaban J connectivity index is 2.15. The van der Waals surface area contributed by atoms with E-state index < -0.39 is 0 Å². The monoisotopic (exact) mass is 218 g/mol. The van der Waals surface area contributed by atoms with Crippen molar-refractivity contribution < 1.29 is 0 Å². The summed E-state index contributed by atoms with van der Waals surface area (Å²) in [7, 11) is 0. The lowest BCUT2D eigenvalue weighted by Crippen LogP contribution is -2.15. The fourth-order valence-electron chi connectivity index (χ4n) is 1.77. The largest absolute Gasteiger partial charge is 0.179 e. The highest BCUT2D eigenvalue weighted by Gasteiger charge is 2.18. The summed E-state index contributed by atoms with van der Waals surface area (Å²) in [4.78, 5) is 0. The molecule has 1 fully saturated rings. The summed E-state index contributed by atoms with van der Waals surface area (Å²) in [5.74, 6) is 3.99. The van der Waals surface area contributed by atoms with Crippen LogP contribution in [0.5, 0.6) is 0 Å². The molecule has 0 saturated heterocycles. The second-order valence-electron chi connectivity index (χ2n) is 4.43. The molecule has 0 heterocycles. The summed E-state index contributed by atoms with van der Waals surface area (Å²) in [5.41, 5.74) is 0. The predicted molar refractivity (Wildman–Crippen MR) is 66.9 cm³/mol. The summed E-state index contributed by atoms with van der Waals surface area (Å²) in [5, 5.41) is 0.973. The summed E-state index contributed by atoms with van der Waals surface area (Å²) in [6.45, 7) is 4.63. The van der Waals surface area contributed by atoms with E-state index in [2.05, 4.69) is 38.2 Å². The predicted octanol–water partition coefficient (Wildman–Crippen LogP) is 3.86. The van der Waals surface area contributed by atoms with E-state index in [4.69, 9.17) is 0 Å². The van der Waals surface area contributed by atoms with Gasteiger partial charge in [0.25, 0.3) is 0 Å². The van der Waals surface area contributed by atoms with Crippen molar-refractivity contribution in [2.75, 3.05) is 11.5 Å². The van der Waals surface area contributed by atoms with E-state index in [1.54, 1.807) is 0 Å². The lowest BCUT2D eigenvalue weighted by atomic mass is 10.0. The molecular formula is C11H22S2. The van der Waals surface area contributed by atoms with Crippen LogP contribution >= 0.6 is 24.4 Å². The number of thiol groups is 1. The van der Waals surface area contributed by atoms with Gasteiger partial charge in [0, 0.05) is 5.25 Å². The summed E-state index contributed by atoms with van der Waals surface area (Å²) < 4.78 is 0. The molecule has 1 aliphatic rings. The minimum Gasteiger partial charge on any atom is -0.179 e. The molecule has 2 heteroatoms. The molecule has 0 bridgehead atoms.